The number of halogens is 3. The molecular weight excluding hydrogens is 266 g/mol. The monoisotopic (exact) mass is 278 g/mol. The summed E-state index contributed by atoms with van der Waals surface area (Å²) in [7, 11) is 0. The van der Waals surface area contributed by atoms with Crippen LogP contribution in [0.5, 0.6) is 0 Å². The molecule has 1 aromatic carbocycles. The molecule has 2 N–H and O–H groups in total. The van der Waals surface area contributed by atoms with Gasteiger partial charge in [0.05, 0.1) is 17.6 Å². The zero-order valence-corrected chi connectivity index (χ0v) is 10.8. The lowest BCUT2D eigenvalue weighted by molar-refractivity contribution is 0.623. The van der Waals surface area contributed by atoms with Crippen molar-refractivity contribution in [1.82, 2.24) is 15.0 Å². The molecule has 1 aromatic heterocycles. The van der Waals surface area contributed by atoms with Gasteiger partial charge in [-0.05, 0) is 24.6 Å². The normalized spacial score (nSPS) is 9.35. The molecule has 2 aromatic rings. The van der Waals surface area contributed by atoms with E-state index >= 15 is 0 Å². The van der Waals surface area contributed by atoms with Crippen LogP contribution in [0.15, 0.2) is 24.4 Å². The number of hydrogen-bond donors (Lipinski definition) is 1. The van der Waals surface area contributed by atoms with Gasteiger partial charge in [-0.15, -0.1) is 29.9 Å². The third-order valence-corrected chi connectivity index (χ3v) is 2.22. The fraction of sp³-hybridized carbons (Fsp3) is 0.200. The smallest absolute Gasteiger partial charge is 0.125 e. The van der Waals surface area contributed by atoms with Crippen molar-refractivity contribution in [2.24, 2.45) is 5.73 Å². The minimum Gasteiger partial charge on any atom is -0.326 e. The molecular formula is C10H13Cl2FN4. The second kappa shape index (κ2) is 6.54. The van der Waals surface area contributed by atoms with Crippen LogP contribution >= 0.6 is 24.8 Å². The molecule has 0 amide bonds. The van der Waals surface area contributed by atoms with E-state index in [0.717, 1.165) is 11.3 Å². The first-order valence-electron chi connectivity index (χ1n) is 4.58. The fourth-order valence-electron chi connectivity index (χ4n) is 1.43. The molecule has 0 spiro atoms. The largest absolute Gasteiger partial charge is 0.326 e. The molecule has 1 heterocycles. The van der Waals surface area contributed by atoms with Gasteiger partial charge in [0.1, 0.15) is 5.82 Å². The van der Waals surface area contributed by atoms with Gasteiger partial charge in [-0.3, -0.25) is 0 Å². The van der Waals surface area contributed by atoms with Gasteiger partial charge in [-0.1, -0.05) is 11.3 Å². The lowest BCUT2D eigenvalue weighted by Crippen LogP contribution is -2.07. The Bertz CT molecular complexity index is 487. The number of nitrogens with two attached hydrogens (primary N) is 1. The molecule has 0 aliphatic rings. The molecule has 0 atom stereocenters. The maximum atomic E-state index is 13.1. The Morgan fingerprint density at radius 2 is 2.06 bits per heavy atom. The van der Waals surface area contributed by atoms with Crippen molar-refractivity contribution < 1.29 is 4.39 Å². The topological polar surface area (TPSA) is 56.7 Å². The Morgan fingerprint density at radius 3 is 2.59 bits per heavy atom. The third-order valence-electron chi connectivity index (χ3n) is 2.22. The quantitative estimate of drug-likeness (QED) is 0.915. The highest BCUT2D eigenvalue weighted by molar-refractivity contribution is 5.85. The Kier molecular flexibility index (Phi) is 6.09. The second-order valence-electron chi connectivity index (χ2n) is 3.26. The first-order chi connectivity index (χ1) is 7.22. The summed E-state index contributed by atoms with van der Waals surface area (Å²) < 4.78 is 14.7. The lowest BCUT2D eigenvalue weighted by Gasteiger charge is -2.08. The highest BCUT2D eigenvalue weighted by Crippen LogP contribution is 2.16. The van der Waals surface area contributed by atoms with Crippen LogP contribution in [0.25, 0.3) is 5.69 Å². The Balaban J connectivity index is 0.00000128. The molecule has 7 heteroatoms. The van der Waals surface area contributed by atoms with Crippen molar-refractivity contribution in [2.45, 2.75) is 13.5 Å². The van der Waals surface area contributed by atoms with Crippen molar-refractivity contribution in [3.05, 3.63) is 41.5 Å². The highest BCUT2D eigenvalue weighted by Gasteiger charge is 2.08. The van der Waals surface area contributed by atoms with Gasteiger partial charge in [0.15, 0.2) is 0 Å². The number of aromatic nitrogens is 3. The van der Waals surface area contributed by atoms with E-state index in [2.05, 4.69) is 10.3 Å². The zero-order chi connectivity index (χ0) is 10.8. The molecule has 0 saturated heterocycles. The molecule has 94 valence electrons. The maximum Gasteiger partial charge on any atom is 0.125 e. The van der Waals surface area contributed by atoms with E-state index in [1.165, 1.54) is 12.1 Å². The van der Waals surface area contributed by atoms with Crippen LogP contribution in [0.2, 0.25) is 0 Å². The second-order valence-corrected chi connectivity index (χ2v) is 3.26. The van der Waals surface area contributed by atoms with Crippen molar-refractivity contribution in [2.75, 3.05) is 0 Å². The average Bonchev–Trinajstić information content (AvgIpc) is 2.64. The Hall–Kier alpha value is -1.17. The molecule has 4 nitrogen and oxygen atoms in total. The van der Waals surface area contributed by atoms with Crippen LogP contribution in [-0.2, 0) is 6.54 Å². The van der Waals surface area contributed by atoms with Crippen molar-refractivity contribution in [1.29, 1.82) is 0 Å². The van der Waals surface area contributed by atoms with Crippen LogP contribution in [-0.4, -0.2) is 15.0 Å². The number of hydrogen-bond acceptors (Lipinski definition) is 3. The number of nitrogens with zero attached hydrogens (tertiary/aromatic N) is 3. The maximum absolute atomic E-state index is 13.1. The predicted octanol–water partition coefficient (Wildman–Crippen LogP) is 2.02. The first kappa shape index (κ1) is 15.8. The summed E-state index contributed by atoms with van der Waals surface area (Å²) in [5, 5.41) is 7.63. The zero-order valence-electron chi connectivity index (χ0n) is 9.13. The van der Waals surface area contributed by atoms with Gasteiger partial charge in [-0.2, -0.15) is 0 Å². The third kappa shape index (κ3) is 3.15. The lowest BCUT2D eigenvalue weighted by atomic mass is 10.1. The van der Waals surface area contributed by atoms with Crippen LogP contribution in [0.4, 0.5) is 4.39 Å². The molecule has 17 heavy (non-hydrogen) atoms. The molecule has 0 aliphatic heterocycles. The van der Waals surface area contributed by atoms with Crippen molar-refractivity contribution in [3.63, 3.8) is 0 Å². The summed E-state index contributed by atoms with van der Waals surface area (Å²) in [6, 6.07) is 4.45. The number of aryl methyl sites for hydroxylation is 1. The first-order valence-corrected chi connectivity index (χ1v) is 4.58. The number of benzene rings is 1. The summed E-state index contributed by atoms with van der Waals surface area (Å²) in [5.41, 5.74) is 7.90. The van der Waals surface area contributed by atoms with E-state index in [4.69, 9.17) is 5.73 Å². The summed E-state index contributed by atoms with van der Waals surface area (Å²) >= 11 is 0. The summed E-state index contributed by atoms with van der Waals surface area (Å²) in [5.74, 6) is -0.308. The summed E-state index contributed by atoms with van der Waals surface area (Å²) in [4.78, 5) is 0. The number of rotatable bonds is 2. The molecule has 0 aliphatic carbocycles. The highest BCUT2D eigenvalue weighted by atomic mass is 35.5. The SMILES string of the molecule is Cc1cnnn1-c1cc(F)ccc1CN.Cl.Cl. The predicted molar refractivity (Wildman–Crippen MR) is 68.4 cm³/mol. The van der Waals surface area contributed by atoms with Crippen molar-refractivity contribution >= 4 is 24.8 Å². The minimum atomic E-state index is -0.308. The fourth-order valence-corrected chi connectivity index (χ4v) is 1.43. The molecule has 0 fully saturated rings. The molecule has 2 rings (SSSR count). The van der Waals surface area contributed by atoms with E-state index < -0.39 is 0 Å². The Labute approximate surface area is 111 Å². The summed E-state index contributed by atoms with van der Waals surface area (Å²) in [6.07, 6.45) is 1.62. The van der Waals surface area contributed by atoms with Gasteiger partial charge in [0, 0.05) is 6.54 Å². The molecule has 0 bridgehead atoms. The van der Waals surface area contributed by atoms with Crippen molar-refractivity contribution in [3.8, 4) is 5.69 Å². The van der Waals surface area contributed by atoms with Crippen LogP contribution in [0.1, 0.15) is 11.3 Å². The molecule has 0 saturated carbocycles. The van der Waals surface area contributed by atoms with E-state index in [-0.39, 0.29) is 30.6 Å². The van der Waals surface area contributed by atoms with Gasteiger partial charge in [0.25, 0.3) is 0 Å². The minimum absolute atomic E-state index is 0. The van der Waals surface area contributed by atoms with E-state index in [1.54, 1.807) is 16.9 Å². The molecule has 0 unspecified atom stereocenters. The van der Waals surface area contributed by atoms with Gasteiger partial charge >= 0.3 is 0 Å². The van der Waals surface area contributed by atoms with Crippen LogP contribution in [0.3, 0.4) is 0 Å². The summed E-state index contributed by atoms with van der Waals surface area (Å²) in [6.45, 7) is 2.19. The van der Waals surface area contributed by atoms with Gasteiger partial charge < -0.3 is 5.73 Å². The van der Waals surface area contributed by atoms with Gasteiger partial charge in [0.2, 0.25) is 0 Å². The average molecular weight is 279 g/mol. The van der Waals surface area contributed by atoms with Gasteiger partial charge in [-0.25, -0.2) is 9.07 Å². The van der Waals surface area contributed by atoms with Crippen LogP contribution < -0.4 is 5.73 Å². The Morgan fingerprint density at radius 1 is 1.35 bits per heavy atom. The van der Waals surface area contributed by atoms with E-state index in [0.29, 0.717) is 12.2 Å². The molecule has 0 radical (unpaired) electrons. The van der Waals surface area contributed by atoms with E-state index in [9.17, 15) is 4.39 Å². The standard InChI is InChI=1S/C10H11FN4.2ClH/c1-7-6-13-14-15(7)10-4-9(11)3-2-8(10)5-12;;/h2-4,6H,5,12H2,1H3;2*1H. The van der Waals surface area contributed by atoms with E-state index in [1.807, 2.05) is 6.92 Å². The van der Waals surface area contributed by atoms with Crippen LogP contribution in [0, 0.1) is 12.7 Å².